The first-order valence-electron chi connectivity index (χ1n) is 7.69. The van der Waals surface area contributed by atoms with Crippen LogP contribution in [0.2, 0.25) is 0 Å². The van der Waals surface area contributed by atoms with Gasteiger partial charge in [-0.15, -0.1) is 0 Å². The van der Waals surface area contributed by atoms with Crippen LogP contribution >= 0.6 is 0 Å². The monoisotopic (exact) mass is 273 g/mol. The first-order chi connectivity index (χ1) is 9.09. The second-order valence-electron chi connectivity index (χ2n) is 5.26. The zero-order chi connectivity index (χ0) is 14.5. The highest BCUT2D eigenvalue weighted by atomic mass is 16.5. The molecule has 0 rings (SSSR count). The minimum absolute atomic E-state index is 0.412. The van der Waals surface area contributed by atoms with Crippen molar-refractivity contribution < 1.29 is 14.6 Å². The van der Waals surface area contributed by atoms with Crippen molar-refractivity contribution in [3.63, 3.8) is 0 Å². The largest absolute Gasteiger partial charge is 0.464 e. The number of aliphatic hydroxyl groups is 1. The van der Waals surface area contributed by atoms with E-state index in [1.807, 2.05) is 0 Å². The molecule has 0 saturated heterocycles. The van der Waals surface area contributed by atoms with Gasteiger partial charge in [-0.25, -0.2) is 0 Å². The molecule has 19 heavy (non-hydrogen) atoms. The molecule has 0 radical (unpaired) electrons. The summed E-state index contributed by atoms with van der Waals surface area (Å²) in [5, 5.41) is 9.13. The lowest BCUT2D eigenvalue weighted by Crippen LogP contribution is -2.41. The summed E-state index contributed by atoms with van der Waals surface area (Å²) < 4.78 is 5.00. The molecule has 0 aromatic heterocycles. The van der Waals surface area contributed by atoms with Crippen LogP contribution in [-0.4, -0.2) is 29.8 Å². The molecular weight excluding hydrogens is 242 g/mol. The molecule has 0 spiro atoms. The molecule has 0 bridgehead atoms. The zero-order valence-corrected chi connectivity index (χ0v) is 12.6. The van der Waals surface area contributed by atoms with Crippen molar-refractivity contribution in [2.24, 2.45) is 5.73 Å². The van der Waals surface area contributed by atoms with Crippen LogP contribution < -0.4 is 5.73 Å². The molecule has 0 heterocycles. The fraction of sp³-hybridized carbons (Fsp3) is 0.933. The molecule has 0 aliphatic heterocycles. The lowest BCUT2D eigenvalue weighted by molar-refractivity contribution is -0.147. The fourth-order valence-corrected chi connectivity index (χ4v) is 1.88. The van der Waals surface area contributed by atoms with Crippen molar-refractivity contribution in [3.05, 3.63) is 0 Å². The Morgan fingerprint density at radius 1 is 1.05 bits per heavy atom. The normalized spacial score (nSPS) is 14.1. The number of ether oxygens (including phenoxy) is 1. The summed E-state index contributed by atoms with van der Waals surface area (Å²) in [6.45, 7) is 4.13. The molecule has 4 heteroatoms. The summed E-state index contributed by atoms with van der Waals surface area (Å²) in [6.07, 6.45) is 10.2. The van der Waals surface area contributed by atoms with Crippen molar-refractivity contribution in [2.75, 3.05) is 6.61 Å². The molecule has 0 fully saturated rings. The Hall–Kier alpha value is -0.610. The van der Waals surface area contributed by atoms with Crippen LogP contribution in [0.3, 0.4) is 0 Å². The summed E-state index contributed by atoms with van der Waals surface area (Å²) in [6, 6.07) is -0.918. The minimum atomic E-state index is -0.918. The van der Waals surface area contributed by atoms with Gasteiger partial charge in [0.2, 0.25) is 0 Å². The van der Waals surface area contributed by atoms with Gasteiger partial charge in [-0.3, -0.25) is 4.79 Å². The van der Waals surface area contributed by atoms with E-state index in [9.17, 15) is 4.79 Å². The highest BCUT2D eigenvalue weighted by Gasteiger charge is 2.19. The third kappa shape index (κ3) is 11.0. The van der Waals surface area contributed by atoms with E-state index in [1.54, 1.807) is 0 Å². The highest BCUT2D eigenvalue weighted by molar-refractivity contribution is 5.76. The van der Waals surface area contributed by atoms with Gasteiger partial charge in [0, 0.05) is 0 Å². The van der Waals surface area contributed by atoms with Crippen molar-refractivity contribution in [3.8, 4) is 0 Å². The van der Waals surface area contributed by atoms with E-state index in [0.29, 0.717) is 6.61 Å². The first-order valence-corrected chi connectivity index (χ1v) is 7.69. The smallest absolute Gasteiger partial charge is 0.325 e. The molecule has 0 unspecified atom stereocenters. The van der Waals surface area contributed by atoms with E-state index >= 15 is 0 Å². The van der Waals surface area contributed by atoms with E-state index in [2.05, 4.69) is 6.92 Å². The van der Waals surface area contributed by atoms with Crippen LogP contribution in [0.4, 0.5) is 0 Å². The topological polar surface area (TPSA) is 72.5 Å². The van der Waals surface area contributed by atoms with Crippen molar-refractivity contribution in [1.82, 2.24) is 0 Å². The fourth-order valence-electron chi connectivity index (χ4n) is 1.88. The average Bonchev–Trinajstić information content (AvgIpc) is 2.39. The maximum atomic E-state index is 11.3. The Bertz CT molecular complexity index is 219. The third-order valence-electron chi connectivity index (χ3n) is 3.28. The molecule has 0 aliphatic rings. The number of aliphatic hydroxyl groups excluding tert-OH is 1. The van der Waals surface area contributed by atoms with E-state index in [1.165, 1.54) is 51.9 Å². The van der Waals surface area contributed by atoms with Gasteiger partial charge >= 0.3 is 5.97 Å². The van der Waals surface area contributed by atoms with Gasteiger partial charge in [-0.2, -0.15) is 0 Å². The average molecular weight is 273 g/mol. The lowest BCUT2D eigenvalue weighted by atomic mass is 10.1. The molecule has 0 aromatic rings. The number of esters is 1. The van der Waals surface area contributed by atoms with Crippen LogP contribution in [-0.2, 0) is 9.53 Å². The predicted molar refractivity (Wildman–Crippen MR) is 77.8 cm³/mol. The SMILES string of the molecule is CCCCCCCCCCCOC(=O)[C@@H](N)[C@@H](C)O. The Morgan fingerprint density at radius 3 is 2.00 bits per heavy atom. The Kier molecular flexibility index (Phi) is 12.0. The quantitative estimate of drug-likeness (QED) is 0.423. The number of hydrogen-bond acceptors (Lipinski definition) is 4. The molecule has 0 aromatic carbocycles. The van der Waals surface area contributed by atoms with Gasteiger partial charge in [-0.05, 0) is 13.3 Å². The third-order valence-corrected chi connectivity index (χ3v) is 3.28. The number of unbranched alkanes of at least 4 members (excludes halogenated alkanes) is 8. The van der Waals surface area contributed by atoms with Gasteiger partial charge in [0.1, 0.15) is 6.04 Å². The molecular formula is C15H31NO3. The molecule has 0 saturated carbocycles. The number of rotatable bonds is 12. The number of carbonyl (C=O) groups is 1. The van der Waals surface area contributed by atoms with Crippen LogP contribution in [0.25, 0.3) is 0 Å². The summed E-state index contributed by atoms with van der Waals surface area (Å²) in [5.41, 5.74) is 5.46. The van der Waals surface area contributed by atoms with E-state index in [4.69, 9.17) is 15.6 Å². The van der Waals surface area contributed by atoms with Crippen LogP contribution in [0.1, 0.15) is 71.6 Å². The Morgan fingerprint density at radius 2 is 1.53 bits per heavy atom. The summed E-state index contributed by atoms with van der Waals surface area (Å²) in [5.74, 6) is -0.505. The molecule has 114 valence electrons. The van der Waals surface area contributed by atoms with Crippen LogP contribution in [0, 0.1) is 0 Å². The summed E-state index contributed by atoms with van der Waals surface area (Å²) >= 11 is 0. The highest BCUT2D eigenvalue weighted by Crippen LogP contribution is 2.09. The van der Waals surface area contributed by atoms with E-state index in [0.717, 1.165) is 12.8 Å². The zero-order valence-electron chi connectivity index (χ0n) is 12.6. The Labute approximate surface area is 117 Å². The van der Waals surface area contributed by atoms with Crippen LogP contribution in [0.15, 0.2) is 0 Å². The van der Waals surface area contributed by atoms with E-state index in [-0.39, 0.29) is 0 Å². The number of nitrogens with two attached hydrogens (primary N) is 1. The van der Waals surface area contributed by atoms with Gasteiger partial charge in [0.25, 0.3) is 0 Å². The van der Waals surface area contributed by atoms with Crippen molar-refractivity contribution in [2.45, 2.75) is 83.8 Å². The van der Waals surface area contributed by atoms with Gasteiger partial charge in [0.05, 0.1) is 12.7 Å². The second kappa shape index (κ2) is 12.4. The first kappa shape index (κ1) is 18.4. The predicted octanol–water partition coefficient (Wildman–Crippen LogP) is 2.77. The maximum absolute atomic E-state index is 11.3. The van der Waals surface area contributed by atoms with Crippen molar-refractivity contribution in [1.29, 1.82) is 0 Å². The summed E-state index contributed by atoms with van der Waals surface area (Å²) in [4.78, 5) is 11.3. The van der Waals surface area contributed by atoms with Gasteiger partial charge in [0.15, 0.2) is 0 Å². The number of carbonyl (C=O) groups excluding carboxylic acids is 1. The van der Waals surface area contributed by atoms with Gasteiger partial charge in [-0.1, -0.05) is 58.3 Å². The minimum Gasteiger partial charge on any atom is -0.464 e. The second-order valence-corrected chi connectivity index (χ2v) is 5.26. The summed E-state index contributed by atoms with van der Waals surface area (Å²) in [7, 11) is 0. The molecule has 0 aliphatic carbocycles. The number of hydrogen-bond donors (Lipinski definition) is 2. The van der Waals surface area contributed by atoms with E-state index < -0.39 is 18.1 Å². The Balaban J connectivity index is 3.25. The van der Waals surface area contributed by atoms with Crippen molar-refractivity contribution >= 4 is 5.97 Å². The van der Waals surface area contributed by atoms with Gasteiger partial charge < -0.3 is 15.6 Å². The molecule has 4 nitrogen and oxygen atoms in total. The lowest BCUT2D eigenvalue weighted by Gasteiger charge is -2.13. The maximum Gasteiger partial charge on any atom is 0.325 e. The molecule has 3 N–H and O–H groups in total. The standard InChI is InChI=1S/C15H31NO3/c1-3-4-5-6-7-8-9-10-11-12-19-15(18)14(16)13(2)17/h13-14,17H,3-12,16H2,1-2H3/t13-,14+/m1/s1. The molecule has 2 atom stereocenters. The van der Waals surface area contributed by atoms with Crippen LogP contribution in [0.5, 0.6) is 0 Å². The molecule has 0 amide bonds.